The van der Waals surface area contributed by atoms with Crippen LogP contribution >= 0.6 is 15.9 Å². The lowest BCUT2D eigenvalue weighted by Crippen LogP contribution is -2.53. The molecule has 168 valence electrons. The lowest BCUT2D eigenvalue weighted by molar-refractivity contribution is -0.123. The number of carbonyl (C=O) groups is 2. The highest BCUT2D eigenvalue weighted by Crippen LogP contribution is 2.65. The van der Waals surface area contributed by atoms with E-state index in [9.17, 15) is 9.59 Å². The second-order valence-corrected chi connectivity index (χ2v) is 12.1. The molecule has 6 nitrogen and oxygen atoms in total. The van der Waals surface area contributed by atoms with Crippen LogP contribution in [0.5, 0.6) is 0 Å². The van der Waals surface area contributed by atoms with Crippen LogP contribution in [0.15, 0.2) is 24.3 Å². The third kappa shape index (κ3) is 4.92. The highest BCUT2D eigenvalue weighted by molar-refractivity contribution is 9.10. The average Bonchev–Trinajstić information content (AvgIpc) is 3.19. The van der Waals surface area contributed by atoms with E-state index in [-0.39, 0.29) is 27.8 Å². The minimum Gasteiger partial charge on any atom is -0.376 e. The first kappa shape index (κ1) is 21.3. The molecule has 0 radical (unpaired) electrons. The van der Waals surface area contributed by atoms with E-state index in [1.54, 1.807) is 0 Å². The van der Waals surface area contributed by atoms with Gasteiger partial charge in [0.2, 0.25) is 5.91 Å². The SMILES string of the molecule is O=C(CC12CC3CC(CC(Br)(C3)C1)C2)Nc1ccc(NC(=O)NCC2CCCO2)cc1. The molecule has 4 aliphatic carbocycles. The van der Waals surface area contributed by atoms with E-state index >= 15 is 0 Å². The van der Waals surface area contributed by atoms with Crippen LogP contribution in [0.4, 0.5) is 16.2 Å². The first-order valence-electron chi connectivity index (χ1n) is 11.6. The predicted molar refractivity (Wildman–Crippen MR) is 124 cm³/mol. The third-order valence-corrected chi connectivity index (χ3v) is 8.52. The van der Waals surface area contributed by atoms with Gasteiger partial charge in [-0.05, 0) is 92.9 Å². The van der Waals surface area contributed by atoms with Crippen LogP contribution in [0.1, 0.15) is 57.8 Å². The molecule has 0 aromatic heterocycles. The molecule has 3 N–H and O–H groups in total. The van der Waals surface area contributed by atoms with Gasteiger partial charge in [0.1, 0.15) is 0 Å². The Kier molecular flexibility index (Phi) is 5.76. The molecule has 1 aliphatic heterocycles. The Hall–Kier alpha value is -1.60. The van der Waals surface area contributed by atoms with E-state index in [0.29, 0.717) is 18.7 Å². The van der Waals surface area contributed by atoms with Crippen LogP contribution in [-0.4, -0.2) is 35.5 Å². The zero-order valence-corrected chi connectivity index (χ0v) is 19.5. The number of alkyl halides is 1. The second kappa shape index (κ2) is 8.39. The van der Waals surface area contributed by atoms with Crippen LogP contribution in [0.2, 0.25) is 0 Å². The quantitative estimate of drug-likeness (QED) is 0.489. The fourth-order valence-electron chi connectivity index (χ4n) is 6.91. The molecule has 3 unspecified atom stereocenters. The Morgan fingerprint density at radius 2 is 1.71 bits per heavy atom. The number of rotatable bonds is 6. The normalized spacial score (nSPS) is 35.7. The van der Waals surface area contributed by atoms with Crippen molar-refractivity contribution in [1.82, 2.24) is 5.32 Å². The average molecular weight is 490 g/mol. The van der Waals surface area contributed by atoms with Gasteiger partial charge in [0.05, 0.1) is 6.10 Å². The number of benzene rings is 1. The fraction of sp³-hybridized carbons (Fsp3) is 0.667. The lowest BCUT2D eigenvalue weighted by atomic mass is 9.48. The van der Waals surface area contributed by atoms with Crippen molar-refractivity contribution in [1.29, 1.82) is 0 Å². The van der Waals surface area contributed by atoms with Gasteiger partial charge in [0.25, 0.3) is 0 Å². The number of nitrogens with one attached hydrogen (secondary N) is 3. The summed E-state index contributed by atoms with van der Waals surface area (Å²) in [6.45, 7) is 1.31. The monoisotopic (exact) mass is 489 g/mol. The first-order chi connectivity index (χ1) is 14.9. The van der Waals surface area contributed by atoms with E-state index in [1.165, 1.54) is 32.1 Å². The molecule has 3 atom stereocenters. The summed E-state index contributed by atoms with van der Waals surface area (Å²) >= 11 is 4.03. The number of hydrogen-bond donors (Lipinski definition) is 3. The number of urea groups is 1. The van der Waals surface area contributed by atoms with Gasteiger partial charge in [0, 0.05) is 35.3 Å². The summed E-state index contributed by atoms with van der Waals surface area (Å²) in [5.74, 6) is 1.67. The van der Waals surface area contributed by atoms with Crippen LogP contribution in [0, 0.1) is 17.3 Å². The standard InChI is InChI=1S/C24H32BrN3O3/c25-24-11-16-8-17(12-24)10-23(9-16,15-24)13-21(29)27-18-3-5-19(6-4-18)28-22(30)26-14-20-2-1-7-31-20/h3-6,16-17,20H,1-2,7-15H2,(H,27,29)(H2,26,28,30). The van der Waals surface area contributed by atoms with Gasteiger partial charge < -0.3 is 20.7 Å². The van der Waals surface area contributed by atoms with Gasteiger partial charge in [-0.25, -0.2) is 4.79 Å². The summed E-state index contributed by atoms with van der Waals surface area (Å²) in [4.78, 5) is 24.9. The van der Waals surface area contributed by atoms with Crippen LogP contribution in [0.25, 0.3) is 0 Å². The van der Waals surface area contributed by atoms with Crippen molar-refractivity contribution in [2.24, 2.45) is 17.3 Å². The highest BCUT2D eigenvalue weighted by Gasteiger charge is 2.57. The zero-order chi connectivity index (χ0) is 21.5. The van der Waals surface area contributed by atoms with E-state index < -0.39 is 0 Å². The molecule has 0 spiro atoms. The second-order valence-electron chi connectivity index (χ2n) is 10.4. The number of hydrogen-bond acceptors (Lipinski definition) is 3. The summed E-state index contributed by atoms with van der Waals surface area (Å²) in [7, 11) is 0. The van der Waals surface area contributed by atoms with Crippen molar-refractivity contribution < 1.29 is 14.3 Å². The number of amides is 3. The van der Waals surface area contributed by atoms with Gasteiger partial charge in [0.15, 0.2) is 0 Å². The summed E-state index contributed by atoms with van der Waals surface area (Å²) < 4.78 is 5.79. The predicted octanol–water partition coefficient (Wildman–Crippen LogP) is 5.05. The molecular formula is C24H32BrN3O3. The van der Waals surface area contributed by atoms with Gasteiger partial charge in [-0.15, -0.1) is 0 Å². The maximum absolute atomic E-state index is 12.9. The van der Waals surface area contributed by atoms with Crippen LogP contribution < -0.4 is 16.0 Å². The number of anilines is 2. The van der Waals surface area contributed by atoms with Crippen molar-refractivity contribution in [3.63, 3.8) is 0 Å². The lowest BCUT2D eigenvalue weighted by Gasteiger charge is -2.60. The Balaban J connectivity index is 1.11. The van der Waals surface area contributed by atoms with Crippen molar-refractivity contribution in [2.45, 2.75) is 68.2 Å². The van der Waals surface area contributed by atoms with E-state index in [1.807, 2.05) is 24.3 Å². The van der Waals surface area contributed by atoms with Crippen molar-refractivity contribution in [3.05, 3.63) is 24.3 Å². The summed E-state index contributed by atoms with van der Waals surface area (Å²) in [6.07, 6.45) is 10.2. The van der Waals surface area contributed by atoms with E-state index in [0.717, 1.165) is 43.4 Å². The molecule has 6 rings (SSSR count). The van der Waals surface area contributed by atoms with Crippen molar-refractivity contribution in [3.8, 4) is 0 Å². The number of ether oxygens (including phenoxy) is 1. The topological polar surface area (TPSA) is 79.5 Å². The molecular weight excluding hydrogens is 458 g/mol. The largest absolute Gasteiger partial charge is 0.376 e. The van der Waals surface area contributed by atoms with Gasteiger partial charge >= 0.3 is 6.03 Å². The summed E-state index contributed by atoms with van der Waals surface area (Å²) in [5, 5.41) is 8.75. The molecule has 31 heavy (non-hydrogen) atoms. The van der Waals surface area contributed by atoms with Gasteiger partial charge in [-0.1, -0.05) is 15.9 Å². The minimum absolute atomic E-state index is 0.105. The maximum Gasteiger partial charge on any atom is 0.319 e. The Morgan fingerprint density at radius 1 is 1.03 bits per heavy atom. The smallest absolute Gasteiger partial charge is 0.319 e. The molecule has 5 aliphatic rings. The molecule has 1 saturated heterocycles. The Bertz CT molecular complexity index is 823. The molecule has 1 aromatic carbocycles. The number of carbonyl (C=O) groups excluding carboxylic acids is 2. The molecule has 1 aromatic rings. The Morgan fingerprint density at radius 3 is 2.32 bits per heavy atom. The van der Waals surface area contributed by atoms with Gasteiger partial charge in [-0.2, -0.15) is 0 Å². The fourth-order valence-corrected chi connectivity index (χ4v) is 8.42. The van der Waals surface area contributed by atoms with E-state index in [4.69, 9.17) is 4.74 Å². The summed E-state index contributed by atoms with van der Waals surface area (Å²) in [6, 6.07) is 7.09. The molecule has 7 heteroatoms. The third-order valence-electron chi connectivity index (χ3n) is 7.59. The molecule has 1 heterocycles. The minimum atomic E-state index is -0.238. The molecule has 4 bridgehead atoms. The van der Waals surface area contributed by atoms with Crippen LogP contribution in [0.3, 0.4) is 0 Å². The van der Waals surface area contributed by atoms with Crippen molar-refractivity contribution in [2.75, 3.05) is 23.8 Å². The molecule has 4 saturated carbocycles. The number of halogens is 1. The van der Waals surface area contributed by atoms with Crippen molar-refractivity contribution >= 4 is 39.2 Å². The van der Waals surface area contributed by atoms with E-state index in [2.05, 4.69) is 31.9 Å². The van der Waals surface area contributed by atoms with Gasteiger partial charge in [-0.3, -0.25) is 4.79 Å². The molecule has 3 amide bonds. The molecule has 5 fully saturated rings. The first-order valence-corrected chi connectivity index (χ1v) is 12.4. The highest BCUT2D eigenvalue weighted by atomic mass is 79.9. The Labute approximate surface area is 192 Å². The zero-order valence-electron chi connectivity index (χ0n) is 17.9. The summed E-state index contributed by atoms with van der Waals surface area (Å²) in [5.41, 5.74) is 1.64. The van der Waals surface area contributed by atoms with Crippen LogP contribution in [-0.2, 0) is 9.53 Å². The maximum atomic E-state index is 12.9.